The van der Waals surface area contributed by atoms with E-state index in [2.05, 4.69) is 0 Å². The Kier molecular flexibility index (Phi) is 3.08. The van der Waals surface area contributed by atoms with Gasteiger partial charge in [0, 0.05) is 29.2 Å². The van der Waals surface area contributed by atoms with Crippen molar-refractivity contribution >= 4 is 16.6 Å². The van der Waals surface area contributed by atoms with E-state index in [0.29, 0.717) is 0 Å². The zero-order chi connectivity index (χ0) is 12.4. The van der Waals surface area contributed by atoms with Crippen molar-refractivity contribution in [3.63, 3.8) is 0 Å². The summed E-state index contributed by atoms with van der Waals surface area (Å²) in [6.07, 6.45) is 0.897. The Labute approximate surface area is 96.9 Å². The number of non-ortho nitro benzene ring substituents is 1. The van der Waals surface area contributed by atoms with Gasteiger partial charge < -0.3 is 14.8 Å². The van der Waals surface area contributed by atoms with Crippen molar-refractivity contribution < 1.29 is 15.1 Å². The number of hydrogen-bond acceptors (Lipinski definition) is 4. The summed E-state index contributed by atoms with van der Waals surface area (Å²) in [5.74, 6) is 0. The highest BCUT2D eigenvalue weighted by Gasteiger charge is 2.10. The van der Waals surface area contributed by atoms with Gasteiger partial charge in [0.2, 0.25) is 0 Å². The van der Waals surface area contributed by atoms with E-state index in [4.69, 9.17) is 5.11 Å². The van der Waals surface area contributed by atoms with Crippen LogP contribution >= 0.6 is 0 Å². The molecule has 0 aliphatic carbocycles. The summed E-state index contributed by atoms with van der Waals surface area (Å²) < 4.78 is 1.75. The van der Waals surface area contributed by atoms with Crippen molar-refractivity contribution in [2.45, 2.75) is 12.6 Å². The van der Waals surface area contributed by atoms with E-state index in [1.807, 2.05) is 0 Å². The molecule has 0 aliphatic rings. The number of aliphatic hydroxyl groups is 2. The summed E-state index contributed by atoms with van der Waals surface area (Å²) in [7, 11) is 0. The molecule has 1 aromatic carbocycles. The van der Waals surface area contributed by atoms with Crippen LogP contribution in [0.25, 0.3) is 10.9 Å². The second-order valence-corrected chi connectivity index (χ2v) is 3.80. The summed E-state index contributed by atoms with van der Waals surface area (Å²) in [5, 5.41) is 29.5. The van der Waals surface area contributed by atoms with E-state index >= 15 is 0 Å². The third-order valence-electron chi connectivity index (χ3n) is 2.58. The lowest BCUT2D eigenvalue weighted by atomic mass is 10.2. The third-order valence-corrected chi connectivity index (χ3v) is 2.58. The van der Waals surface area contributed by atoms with Crippen LogP contribution in [0.3, 0.4) is 0 Å². The van der Waals surface area contributed by atoms with Gasteiger partial charge in [-0.3, -0.25) is 10.1 Å². The average molecular weight is 236 g/mol. The topological polar surface area (TPSA) is 88.5 Å². The van der Waals surface area contributed by atoms with Crippen LogP contribution in [0, 0.1) is 10.1 Å². The second kappa shape index (κ2) is 4.52. The second-order valence-electron chi connectivity index (χ2n) is 3.80. The lowest BCUT2D eigenvalue weighted by Gasteiger charge is -2.09. The van der Waals surface area contributed by atoms with Crippen molar-refractivity contribution in [2.24, 2.45) is 0 Å². The molecule has 0 saturated carbocycles. The van der Waals surface area contributed by atoms with Gasteiger partial charge in [0.1, 0.15) is 0 Å². The molecule has 0 amide bonds. The zero-order valence-electron chi connectivity index (χ0n) is 8.98. The van der Waals surface area contributed by atoms with Crippen LogP contribution in [0.5, 0.6) is 0 Å². The molecular formula is C11H12N2O4. The Morgan fingerprint density at radius 3 is 2.82 bits per heavy atom. The van der Waals surface area contributed by atoms with Gasteiger partial charge in [-0.25, -0.2) is 0 Å². The number of hydrogen-bond donors (Lipinski definition) is 2. The predicted octanol–water partition coefficient (Wildman–Crippen LogP) is 0.903. The summed E-state index contributed by atoms with van der Waals surface area (Å²) in [6, 6.07) is 6.28. The Morgan fingerprint density at radius 2 is 2.18 bits per heavy atom. The molecule has 2 aromatic rings. The van der Waals surface area contributed by atoms with Crippen molar-refractivity contribution in [3.8, 4) is 0 Å². The molecule has 0 bridgehead atoms. The quantitative estimate of drug-likeness (QED) is 0.609. The molecule has 2 rings (SSSR count). The van der Waals surface area contributed by atoms with Crippen molar-refractivity contribution in [1.29, 1.82) is 0 Å². The van der Waals surface area contributed by atoms with Crippen LogP contribution in [0.15, 0.2) is 30.5 Å². The Bertz CT molecular complexity index is 549. The number of nitrogens with zero attached hydrogens (tertiary/aromatic N) is 2. The molecule has 0 saturated heterocycles. The molecule has 6 heteroatoms. The lowest BCUT2D eigenvalue weighted by molar-refractivity contribution is -0.384. The minimum absolute atomic E-state index is 0.0398. The first-order valence-electron chi connectivity index (χ1n) is 5.14. The van der Waals surface area contributed by atoms with Gasteiger partial charge in [-0.2, -0.15) is 0 Å². The smallest absolute Gasteiger partial charge is 0.270 e. The molecule has 2 N–H and O–H groups in total. The largest absolute Gasteiger partial charge is 0.394 e. The molecule has 6 nitrogen and oxygen atoms in total. The fraction of sp³-hybridized carbons (Fsp3) is 0.273. The molecule has 17 heavy (non-hydrogen) atoms. The molecule has 0 aliphatic heterocycles. The molecule has 0 radical (unpaired) electrons. The maximum absolute atomic E-state index is 10.6. The molecule has 0 spiro atoms. The number of benzene rings is 1. The van der Waals surface area contributed by atoms with Crippen LogP contribution < -0.4 is 0 Å². The van der Waals surface area contributed by atoms with E-state index in [0.717, 1.165) is 10.9 Å². The fourth-order valence-corrected chi connectivity index (χ4v) is 1.75. The third kappa shape index (κ3) is 2.27. The molecule has 1 heterocycles. The first-order valence-corrected chi connectivity index (χ1v) is 5.14. The number of aromatic nitrogens is 1. The van der Waals surface area contributed by atoms with E-state index < -0.39 is 11.0 Å². The van der Waals surface area contributed by atoms with Gasteiger partial charge in [0.15, 0.2) is 0 Å². The lowest BCUT2D eigenvalue weighted by Crippen LogP contribution is -2.19. The summed E-state index contributed by atoms with van der Waals surface area (Å²) in [4.78, 5) is 10.2. The Morgan fingerprint density at radius 1 is 1.41 bits per heavy atom. The highest BCUT2D eigenvalue weighted by atomic mass is 16.6. The van der Waals surface area contributed by atoms with Crippen LogP contribution in [-0.4, -0.2) is 32.4 Å². The van der Waals surface area contributed by atoms with Crippen molar-refractivity contribution in [2.75, 3.05) is 6.61 Å². The van der Waals surface area contributed by atoms with Gasteiger partial charge >= 0.3 is 0 Å². The number of nitro benzene ring substituents is 1. The predicted molar refractivity (Wildman–Crippen MR) is 61.7 cm³/mol. The highest BCUT2D eigenvalue weighted by Crippen LogP contribution is 2.22. The van der Waals surface area contributed by atoms with Gasteiger partial charge in [0.05, 0.1) is 24.2 Å². The van der Waals surface area contributed by atoms with Crippen molar-refractivity contribution in [1.82, 2.24) is 4.57 Å². The molecule has 0 fully saturated rings. The fourth-order valence-electron chi connectivity index (χ4n) is 1.75. The van der Waals surface area contributed by atoms with Crippen LogP contribution in [0.1, 0.15) is 0 Å². The Hall–Kier alpha value is -1.92. The summed E-state index contributed by atoms with van der Waals surface area (Å²) >= 11 is 0. The van der Waals surface area contributed by atoms with Gasteiger partial charge in [-0.15, -0.1) is 0 Å². The zero-order valence-corrected chi connectivity index (χ0v) is 8.98. The minimum Gasteiger partial charge on any atom is -0.394 e. The van der Waals surface area contributed by atoms with Crippen LogP contribution in [0.4, 0.5) is 5.69 Å². The monoisotopic (exact) mass is 236 g/mol. The highest BCUT2D eigenvalue weighted by molar-refractivity contribution is 5.82. The maximum atomic E-state index is 10.6. The van der Waals surface area contributed by atoms with Crippen LogP contribution in [0.2, 0.25) is 0 Å². The first kappa shape index (κ1) is 11.6. The van der Waals surface area contributed by atoms with Gasteiger partial charge in [-0.1, -0.05) is 0 Å². The summed E-state index contributed by atoms with van der Waals surface area (Å²) in [5.41, 5.74) is 0.834. The maximum Gasteiger partial charge on any atom is 0.270 e. The minimum atomic E-state index is -0.833. The van der Waals surface area contributed by atoms with Gasteiger partial charge in [-0.05, 0) is 12.1 Å². The number of nitro groups is 1. The van der Waals surface area contributed by atoms with Gasteiger partial charge in [0.25, 0.3) is 5.69 Å². The molecule has 1 unspecified atom stereocenters. The summed E-state index contributed by atoms with van der Waals surface area (Å²) in [6.45, 7) is -0.0511. The van der Waals surface area contributed by atoms with E-state index in [1.165, 1.54) is 12.1 Å². The number of rotatable bonds is 4. The normalized spacial score (nSPS) is 12.8. The SMILES string of the molecule is O=[N+]([O-])c1ccc2c(ccn2CC(O)CO)c1. The Balaban J connectivity index is 2.38. The number of aliphatic hydroxyl groups excluding tert-OH is 2. The molecule has 1 aromatic heterocycles. The number of fused-ring (bicyclic) bond motifs is 1. The molecule has 90 valence electrons. The van der Waals surface area contributed by atoms with E-state index in [-0.39, 0.29) is 18.8 Å². The van der Waals surface area contributed by atoms with Crippen LogP contribution in [-0.2, 0) is 6.54 Å². The molecular weight excluding hydrogens is 224 g/mol. The van der Waals surface area contributed by atoms with Crippen molar-refractivity contribution in [3.05, 3.63) is 40.6 Å². The standard InChI is InChI=1S/C11H12N2O4/c14-7-10(15)6-12-4-3-8-5-9(13(16)17)1-2-11(8)12/h1-5,10,14-15H,6-7H2. The molecule has 1 atom stereocenters. The van der Waals surface area contributed by atoms with E-state index in [1.54, 1.807) is 22.9 Å². The van der Waals surface area contributed by atoms with E-state index in [9.17, 15) is 15.2 Å². The first-order chi connectivity index (χ1) is 8.11. The average Bonchev–Trinajstić information content (AvgIpc) is 2.71.